The average Bonchev–Trinajstić information content (AvgIpc) is 3.17. The predicted octanol–water partition coefficient (Wildman–Crippen LogP) is 0.599. The summed E-state index contributed by atoms with van der Waals surface area (Å²) in [6, 6.07) is -0.974. The maximum Gasteiger partial charge on any atom is 0.322 e. The lowest BCUT2D eigenvalue weighted by Gasteiger charge is -2.33. The van der Waals surface area contributed by atoms with Crippen molar-refractivity contribution >= 4 is 22.0 Å². The van der Waals surface area contributed by atoms with Crippen LogP contribution in [0.2, 0.25) is 0 Å². The Balaban J connectivity index is 2.10. The van der Waals surface area contributed by atoms with Gasteiger partial charge < -0.3 is 9.84 Å². The zero-order valence-corrected chi connectivity index (χ0v) is 12.9. The Hall–Kier alpha value is -1.15. The van der Waals surface area contributed by atoms with Gasteiger partial charge in [-0.25, -0.2) is 8.42 Å². The smallest absolute Gasteiger partial charge is 0.322 e. The van der Waals surface area contributed by atoms with Gasteiger partial charge >= 0.3 is 11.9 Å². The van der Waals surface area contributed by atoms with Crippen molar-refractivity contribution in [2.24, 2.45) is 5.41 Å². The van der Waals surface area contributed by atoms with E-state index in [2.05, 4.69) is 4.74 Å². The van der Waals surface area contributed by atoms with Gasteiger partial charge in [-0.3, -0.25) is 9.59 Å². The fourth-order valence-corrected chi connectivity index (χ4v) is 5.20. The molecule has 1 saturated heterocycles. The highest BCUT2D eigenvalue weighted by molar-refractivity contribution is 7.89. The fourth-order valence-electron chi connectivity index (χ4n) is 2.88. The molecule has 1 saturated carbocycles. The van der Waals surface area contributed by atoms with Crippen LogP contribution in [-0.4, -0.2) is 55.2 Å². The van der Waals surface area contributed by atoms with Gasteiger partial charge in [-0.05, 0) is 37.5 Å². The summed E-state index contributed by atoms with van der Waals surface area (Å²) in [6.45, 7) is 0.244. The molecule has 0 amide bonds. The van der Waals surface area contributed by atoms with Crippen LogP contribution in [-0.2, 0) is 24.3 Å². The number of hydrogen-bond donors (Lipinski definition) is 1. The second-order valence-electron chi connectivity index (χ2n) is 5.97. The topological polar surface area (TPSA) is 101 Å². The van der Waals surface area contributed by atoms with E-state index in [1.165, 1.54) is 7.11 Å². The molecule has 2 aliphatic rings. The Morgan fingerprint density at radius 3 is 2.52 bits per heavy atom. The molecule has 0 spiro atoms. The normalized spacial score (nSPS) is 25.3. The van der Waals surface area contributed by atoms with Crippen molar-refractivity contribution in [3.05, 3.63) is 0 Å². The Morgan fingerprint density at radius 1 is 1.33 bits per heavy atom. The number of sulfonamides is 1. The van der Waals surface area contributed by atoms with Crippen LogP contribution >= 0.6 is 0 Å². The number of carboxylic acid groups (broad SMARTS) is 1. The van der Waals surface area contributed by atoms with Crippen LogP contribution in [0.4, 0.5) is 0 Å². The Bertz CT molecular complexity index is 525. The van der Waals surface area contributed by atoms with E-state index in [9.17, 15) is 23.1 Å². The fraction of sp³-hybridized carbons (Fsp3) is 0.846. The number of ether oxygens (including phenoxy) is 1. The summed E-state index contributed by atoms with van der Waals surface area (Å²) in [5, 5.41) is 9.19. The van der Waals surface area contributed by atoms with Crippen LogP contribution in [0, 0.1) is 5.41 Å². The van der Waals surface area contributed by atoms with E-state index in [0.717, 1.165) is 10.7 Å². The number of carboxylic acids is 1. The highest BCUT2D eigenvalue weighted by Crippen LogP contribution is 2.50. The molecule has 7 nitrogen and oxygen atoms in total. The molecular weight excluding hydrogens is 298 g/mol. The van der Waals surface area contributed by atoms with E-state index in [1.807, 2.05) is 0 Å². The van der Waals surface area contributed by atoms with Crippen molar-refractivity contribution in [3.63, 3.8) is 0 Å². The van der Waals surface area contributed by atoms with Gasteiger partial charge in [-0.15, -0.1) is 0 Å². The van der Waals surface area contributed by atoms with Crippen LogP contribution in [0.1, 0.15) is 38.5 Å². The number of carbonyl (C=O) groups excluding carboxylic acids is 1. The summed E-state index contributed by atoms with van der Waals surface area (Å²) in [5.41, 5.74) is -0.563. The first-order valence-corrected chi connectivity index (χ1v) is 8.70. The zero-order valence-electron chi connectivity index (χ0n) is 12.1. The van der Waals surface area contributed by atoms with E-state index in [0.29, 0.717) is 25.7 Å². The Kier molecular flexibility index (Phi) is 4.57. The zero-order chi connectivity index (χ0) is 15.7. The van der Waals surface area contributed by atoms with E-state index >= 15 is 0 Å². The molecule has 1 heterocycles. The van der Waals surface area contributed by atoms with Gasteiger partial charge in [0, 0.05) is 6.54 Å². The maximum absolute atomic E-state index is 12.5. The molecule has 120 valence electrons. The van der Waals surface area contributed by atoms with Crippen LogP contribution in [0.5, 0.6) is 0 Å². The van der Waals surface area contributed by atoms with Gasteiger partial charge in [-0.2, -0.15) is 4.31 Å². The van der Waals surface area contributed by atoms with Crippen LogP contribution in [0.15, 0.2) is 0 Å². The van der Waals surface area contributed by atoms with Crippen LogP contribution < -0.4 is 0 Å². The summed E-state index contributed by atoms with van der Waals surface area (Å²) >= 11 is 0. The molecule has 0 bridgehead atoms. The molecule has 0 aromatic rings. The highest BCUT2D eigenvalue weighted by atomic mass is 32.2. The summed E-state index contributed by atoms with van der Waals surface area (Å²) in [7, 11) is -2.41. The standard InChI is InChI=1S/C13H21NO6S/c1-20-11(15)8-13(5-6-13)9-21(18,19)14-7-3-2-4-10(14)12(16)17/h10H,2-9H2,1H3,(H,16,17). The van der Waals surface area contributed by atoms with Crippen molar-refractivity contribution in [2.45, 2.75) is 44.6 Å². The first kappa shape index (κ1) is 16.2. The molecule has 1 unspecified atom stereocenters. The van der Waals surface area contributed by atoms with Crippen molar-refractivity contribution < 1.29 is 27.9 Å². The van der Waals surface area contributed by atoms with Gasteiger partial charge in [0.15, 0.2) is 0 Å². The molecule has 1 aliphatic heterocycles. The lowest BCUT2D eigenvalue weighted by Crippen LogP contribution is -2.49. The van der Waals surface area contributed by atoms with E-state index in [1.54, 1.807) is 0 Å². The Morgan fingerprint density at radius 2 is 2.00 bits per heavy atom. The molecular formula is C13H21NO6S. The molecule has 1 N–H and O–H groups in total. The van der Waals surface area contributed by atoms with Gasteiger partial charge in [0.05, 0.1) is 19.3 Å². The lowest BCUT2D eigenvalue weighted by atomic mass is 10.1. The number of nitrogens with zero attached hydrogens (tertiary/aromatic N) is 1. The van der Waals surface area contributed by atoms with Crippen molar-refractivity contribution in [1.29, 1.82) is 0 Å². The maximum atomic E-state index is 12.5. The third-order valence-electron chi connectivity index (χ3n) is 4.29. The summed E-state index contributed by atoms with van der Waals surface area (Å²) in [5.74, 6) is -1.69. The van der Waals surface area contributed by atoms with Crippen LogP contribution in [0.3, 0.4) is 0 Å². The average molecular weight is 319 g/mol. The van der Waals surface area contributed by atoms with Gasteiger partial charge in [0.25, 0.3) is 0 Å². The lowest BCUT2D eigenvalue weighted by molar-refractivity contribution is -0.143. The van der Waals surface area contributed by atoms with Gasteiger partial charge in [0.2, 0.25) is 10.0 Å². The third-order valence-corrected chi connectivity index (χ3v) is 6.42. The SMILES string of the molecule is COC(=O)CC1(CS(=O)(=O)N2CCCCC2C(=O)O)CC1. The molecule has 0 radical (unpaired) electrons. The second kappa shape index (κ2) is 5.92. The number of hydrogen-bond acceptors (Lipinski definition) is 5. The monoisotopic (exact) mass is 319 g/mol. The van der Waals surface area contributed by atoms with E-state index < -0.39 is 33.4 Å². The number of aliphatic carboxylic acids is 1. The number of carbonyl (C=O) groups is 2. The Labute approximate surface area is 124 Å². The van der Waals surface area contributed by atoms with Crippen molar-refractivity contribution in [2.75, 3.05) is 19.4 Å². The molecule has 2 fully saturated rings. The molecule has 8 heteroatoms. The first-order chi connectivity index (χ1) is 9.80. The number of methoxy groups -OCH3 is 1. The molecule has 1 aliphatic carbocycles. The summed E-state index contributed by atoms with van der Waals surface area (Å²) in [4.78, 5) is 22.6. The van der Waals surface area contributed by atoms with Gasteiger partial charge in [0.1, 0.15) is 6.04 Å². The second-order valence-corrected chi connectivity index (χ2v) is 7.89. The van der Waals surface area contributed by atoms with Crippen molar-refractivity contribution in [3.8, 4) is 0 Å². The van der Waals surface area contributed by atoms with E-state index in [4.69, 9.17) is 0 Å². The minimum absolute atomic E-state index is 0.0777. The number of esters is 1. The largest absolute Gasteiger partial charge is 0.480 e. The molecule has 0 aromatic carbocycles. The van der Waals surface area contributed by atoms with E-state index in [-0.39, 0.29) is 18.7 Å². The number of piperidine rings is 1. The summed E-state index contributed by atoms with van der Waals surface area (Å²) < 4.78 is 30.8. The minimum atomic E-state index is -3.68. The van der Waals surface area contributed by atoms with Gasteiger partial charge in [-0.1, -0.05) is 0 Å². The molecule has 0 aromatic heterocycles. The summed E-state index contributed by atoms with van der Waals surface area (Å²) in [6.07, 6.45) is 3.13. The first-order valence-electron chi connectivity index (χ1n) is 7.09. The predicted molar refractivity (Wildman–Crippen MR) is 74.1 cm³/mol. The third kappa shape index (κ3) is 3.74. The van der Waals surface area contributed by atoms with Crippen molar-refractivity contribution in [1.82, 2.24) is 4.31 Å². The minimum Gasteiger partial charge on any atom is -0.480 e. The molecule has 2 rings (SSSR count). The highest BCUT2D eigenvalue weighted by Gasteiger charge is 2.50. The number of rotatable bonds is 6. The molecule has 1 atom stereocenters. The molecule has 21 heavy (non-hydrogen) atoms. The quantitative estimate of drug-likeness (QED) is 0.719. The van der Waals surface area contributed by atoms with Crippen LogP contribution in [0.25, 0.3) is 0 Å².